The summed E-state index contributed by atoms with van der Waals surface area (Å²) in [6.07, 6.45) is 13.7. The Bertz CT molecular complexity index is 223. The van der Waals surface area contributed by atoms with Crippen LogP contribution < -0.4 is 11.1 Å². The van der Waals surface area contributed by atoms with Gasteiger partial charge in [0.05, 0.1) is 0 Å². The first-order valence-corrected chi connectivity index (χ1v) is 7.76. The molecule has 0 aromatic rings. The smallest absolute Gasteiger partial charge is 0.0306 e. The van der Waals surface area contributed by atoms with Crippen molar-refractivity contribution in [3.05, 3.63) is 0 Å². The summed E-state index contributed by atoms with van der Waals surface area (Å²) in [6.45, 7) is 3.17. The normalized spacial score (nSPS) is 36.0. The molecular formula is C15H30N2. The minimum absolute atomic E-state index is 0.277. The van der Waals surface area contributed by atoms with E-state index in [1.807, 2.05) is 0 Å². The topological polar surface area (TPSA) is 38.0 Å². The fourth-order valence-electron chi connectivity index (χ4n) is 3.80. The summed E-state index contributed by atoms with van der Waals surface area (Å²) in [6, 6.07) is 0.761. The Morgan fingerprint density at radius 2 is 1.82 bits per heavy atom. The Morgan fingerprint density at radius 1 is 1.06 bits per heavy atom. The summed E-state index contributed by atoms with van der Waals surface area (Å²) in [5.41, 5.74) is 6.39. The monoisotopic (exact) mass is 238 g/mol. The van der Waals surface area contributed by atoms with Crippen molar-refractivity contribution >= 4 is 0 Å². The number of hydrogen-bond donors (Lipinski definition) is 2. The molecule has 2 aliphatic carbocycles. The van der Waals surface area contributed by atoms with Gasteiger partial charge in [-0.2, -0.15) is 0 Å². The van der Waals surface area contributed by atoms with Crippen molar-refractivity contribution in [1.82, 2.24) is 5.32 Å². The number of nitrogens with two attached hydrogens (primary N) is 1. The van der Waals surface area contributed by atoms with Gasteiger partial charge in [-0.3, -0.25) is 0 Å². The van der Waals surface area contributed by atoms with Crippen LogP contribution in [0.1, 0.15) is 71.1 Å². The third-order valence-electron chi connectivity index (χ3n) is 5.13. The van der Waals surface area contributed by atoms with E-state index in [-0.39, 0.29) is 5.54 Å². The molecule has 2 rings (SSSR count). The molecule has 0 aliphatic heterocycles. The molecule has 2 heteroatoms. The van der Waals surface area contributed by atoms with Gasteiger partial charge in [0.1, 0.15) is 0 Å². The zero-order valence-electron chi connectivity index (χ0n) is 11.5. The third-order valence-corrected chi connectivity index (χ3v) is 5.13. The van der Waals surface area contributed by atoms with Crippen LogP contribution in [0.2, 0.25) is 0 Å². The Morgan fingerprint density at radius 3 is 2.47 bits per heavy atom. The molecule has 0 radical (unpaired) electrons. The minimum atomic E-state index is 0.277. The zero-order valence-corrected chi connectivity index (χ0v) is 11.5. The molecule has 2 aliphatic rings. The Kier molecular flexibility index (Phi) is 4.87. The fourth-order valence-corrected chi connectivity index (χ4v) is 3.80. The lowest BCUT2D eigenvalue weighted by molar-refractivity contribution is 0.255. The molecule has 2 fully saturated rings. The van der Waals surface area contributed by atoms with Crippen LogP contribution in [0, 0.1) is 5.92 Å². The van der Waals surface area contributed by atoms with Crippen LogP contribution in [0.3, 0.4) is 0 Å². The van der Waals surface area contributed by atoms with Crippen LogP contribution in [0.4, 0.5) is 0 Å². The maximum absolute atomic E-state index is 6.11. The summed E-state index contributed by atoms with van der Waals surface area (Å²) in [5, 5.41) is 3.94. The first-order chi connectivity index (χ1) is 8.28. The number of nitrogens with one attached hydrogen (secondary N) is 1. The van der Waals surface area contributed by atoms with Crippen LogP contribution in [0.5, 0.6) is 0 Å². The Balaban J connectivity index is 1.92. The second kappa shape index (κ2) is 6.19. The van der Waals surface area contributed by atoms with Crippen LogP contribution in [-0.2, 0) is 0 Å². The summed E-state index contributed by atoms with van der Waals surface area (Å²) in [5.74, 6) is 0.953. The molecule has 0 heterocycles. The van der Waals surface area contributed by atoms with Gasteiger partial charge in [-0.05, 0) is 38.0 Å². The van der Waals surface area contributed by atoms with E-state index in [9.17, 15) is 0 Å². The quantitative estimate of drug-likeness (QED) is 0.738. The molecule has 100 valence electrons. The minimum Gasteiger partial charge on any atom is -0.329 e. The van der Waals surface area contributed by atoms with Crippen molar-refractivity contribution in [3.63, 3.8) is 0 Å². The van der Waals surface area contributed by atoms with Crippen molar-refractivity contribution in [3.8, 4) is 0 Å². The van der Waals surface area contributed by atoms with Crippen molar-refractivity contribution < 1.29 is 0 Å². The van der Waals surface area contributed by atoms with Gasteiger partial charge in [0.15, 0.2) is 0 Å². The highest BCUT2D eigenvalue weighted by Gasteiger charge is 2.34. The van der Waals surface area contributed by atoms with Crippen LogP contribution in [0.15, 0.2) is 0 Å². The molecule has 0 aromatic carbocycles. The molecule has 3 N–H and O–H groups in total. The molecule has 0 saturated heterocycles. The van der Waals surface area contributed by atoms with Gasteiger partial charge in [-0.15, -0.1) is 0 Å². The maximum Gasteiger partial charge on any atom is 0.0306 e. The second-order valence-corrected chi connectivity index (χ2v) is 6.32. The van der Waals surface area contributed by atoms with E-state index in [2.05, 4.69) is 12.2 Å². The van der Waals surface area contributed by atoms with Crippen LogP contribution in [-0.4, -0.2) is 18.1 Å². The molecule has 2 unspecified atom stereocenters. The van der Waals surface area contributed by atoms with Crippen molar-refractivity contribution in [2.24, 2.45) is 11.7 Å². The zero-order chi connectivity index (χ0) is 12.1. The average molecular weight is 238 g/mol. The van der Waals surface area contributed by atoms with E-state index in [4.69, 9.17) is 5.73 Å². The average Bonchev–Trinajstić information content (AvgIpc) is 2.76. The highest BCUT2D eigenvalue weighted by Crippen LogP contribution is 2.33. The van der Waals surface area contributed by atoms with E-state index in [1.165, 1.54) is 64.2 Å². The number of hydrogen-bond acceptors (Lipinski definition) is 2. The molecule has 0 spiro atoms. The lowest BCUT2D eigenvalue weighted by Gasteiger charge is -2.36. The second-order valence-electron chi connectivity index (χ2n) is 6.32. The van der Waals surface area contributed by atoms with E-state index >= 15 is 0 Å². The Labute approximate surface area is 107 Å². The molecule has 0 bridgehead atoms. The third kappa shape index (κ3) is 3.45. The summed E-state index contributed by atoms with van der Waals surface area (Å²) < 4.78 is 0. The van der Waals surface area contributed by atoms with Crippen LogP contribution >= 0.6 is 0 Å². The molecule has 2 saturated carbocycles. The first kappa shape index (κ1) is 13.4. The van der Waals surface area contributed by atoms with Gasteiger partial charge in [-0.25, -0.2) is 0 Å². The van der Waals surface area contributed by atoms with E-state index in [1.54, 1.807) is 0 Å². The van der Waals surface area contributed by atoms with Gasteiger partial charge in [-0.1, -0.05) is 39.0 Å². The summed E-state index contributed by atoms with van der Waals surface area (Å²) in [7, 11) is 0. The maximum atomic E-state index is 6.11. The van der Waals surface area contributed by atoms with Crippen LogP contribution in [0.25, 0.3) is 0 Å². The van der Waals surface area contributed by atoms with E-state index in [0.717, 1.165) is 18.5 Å². The van der Waals surface area contributed by atoms with E-state index in [0.29, 0.717) is 0 Å². The standard InChI is InChI=1S/C15H30N2/c1-2-13-6-5-10-15(12-16,11-9-13)17-14-7-3-4-8-14/h13-14,17H,2-12,16H2,1H3. The van der Waals surface area contributed by atoms with Crippen molar-refractivity contribution in [2.45, 2.75) is 82.7 Å². The van der Waals surface area contributed by atoms with Gasteiger partial charge in [0.2, 0.25) is 0 Å². The largest absolute Gasteiger partial charge is 0.329 e. The predicted molar refractivity (Wildman–Crippen MR) is 74.0 cm³/mol. The van der Waals surface area contributed by atoms with Crippen molar-refractivity contribution in [1.29, 1.82) is 0 Å². The summed E-state index contributed by atoms with van der Waals surface area (Å²) in [4.78, 5) is 0. The molecule has 2 nitrogen and oxygen atoms in total. The SMILES string of the molecule is CCC1CCCC(CN)(NC2CCCC2)CC1. The Hall–Kier alpha value is -0.0800. The fraction of sp³-hybridized carbons (Fsp3) is 1.00. The predicted octanol–water partition coefficient (Wildman–Crippen LogP) is 3.21. The molecule has 17 heavy (non-hydrogen) atoms. The summed E-state index contributed by atoms with van der Waals surface area (Å²) >= 11 is 0. The molecule has 0 amide bonds. The van der Waals surface area contributed by atoms with E-state index < -0.39 is 0 Å². The van der Waals surface area contributed by atoms with Gasteiger partial charge in [0.25, 0.3) is 0 Å². The molecule has 0 aromatic heterocycles. The first-order valence-electron chi connectivity index (χ1n) is 7.76. The highest BCUT2D eigenvalue weighted by molar-refractivity contribution is 4.95. The molecular weight excluding hydrogens is 208 g/mol. The lowest BCUT2D eigenvalue weighted by Crippen LogP contribution is -2.54. The lowest BCUT2D eigenvalue weighted by atomic mass is 9.88. The highest BCUT2D eigenvalue weighted by atomic mass is 15.0. The number of rotatable bonds is 4. The van der Waals surface area contributed by atoms with Gasteiger partial charge >= 0.3 is 0 Å². The molecule has 2 atom stereocenters. The van der Waals surface area contributed by atoms with Gasteiger partial charge in [0, 0.05) is 18.1 Å². The van der Waals surface area contributed by atoms with Crippen molar-refractivity contribution in [2.75, 3.05) is 6.54 Å². The van der Waals surface area contributed by atoms with Gasteiger partial charge < -0.3 is 11.1 Å².